The van der Waals surface area contributed by atoms with Crippen LogP contribution in [-0.2, 0) is 22.7 Å². The van der Waals surface area contributed by atoms with Gasteiger partial charge in [-0.3, -0.25) is 9.59 Å². The number of hydrogen-bond donors (Lipinski definition) is 1. The van der Waals surface area contributed by atoms with Gasteiger partial charge in [-0.05, 0) is 6.07 Å². The number of nitrogens with one attached hydrogen (secondary N) is 1. The number of carbonyl (C=O) groups is 2. The second kappa shape index (κ2) is 9.29. The van der Waals surface area contributed by atoms with Gasteiger partial charge < -0.3 is 14.8 Å². The number of fused-ring (bicyclic) bond motifs is 1. The first-order chi connectivity index (χ1) is 15.8. The van der Waals surface area contributed by atoms with Gasteiger partial charge in [0.25, 0.3) is 0 Å². The molecule has 1 fully saturated rings. The summed E-state index contributed by atoms with van der Waals surface area (Å²) in [7, 11) is 0. The number of nitriles is 1. The van der Waals surface area contributed by atoms with Crippen LogP contribution in [0.3, 0.4) is 0 Å². The van der Waals surface area contributed by atoms with Crippen molar-refractivity contribution in [3.8, 4) is 6.07 Å². The van der Waals surface area contributed by atoms with Crippen LogP contribution >= 0.6 is 23.2 Å². The first kappa shape index (κ1) is 22.9. The van der Waals surface area contributed by atoms with Crippen LogP contribution in [-0.4, -0.2) is 50.0 Å². The molecule has 2 aromatic heterocycles. The summed E-state index contributed by atoms with van der Waals surface area (Å²) in [6.45, 7) is -0.711. The normalized spacial score (nSPS) is 17.8. The van der Waals surface area contributed by atoms with Gasteiger partial charge in [0.2, 0.25) is 11.8 Å². The zero-order chi connectivity index (χ0) is 23.7. The Bertz CT molecular complexity index is 1290. The van der Waals surface area contributed by atoms with E-state index >= 15 is 0 Å². The number of benzene rings is 1. The lowest BCUT2D eigenvalue weighted by Crippen LogP contribution is -2.46. The quantitative estimate of drug-likeness (QED) is 0.551. The average molecular weight is 493 g/mol. The Morgan fingerprint density at radius 2 is 2.09 bits per heavy atom. The molecule has 33 heavy (non-hydrogen) atoms. The van der Waals surface area contributed by atoms with Gasteiger partial charge in [0.1, 0.15) is 47.8 Å². The summed E-state index contributed by atoms with van der Waals surface area (Å²) < 4.78 is 29.7. The Hall–Kier alpha value is -3.29. The molecule has 1 aromatic carbocycles. The number of alkyl halides is 1. The smallest absolute Gasteiger partial charge is 0.243 e. The van der Waals surface area contributed by atoms with Gasteiger partial charge in [-0.2, -0.15) is 5.26 Å². The van der Waals surface area contributed by atoms with Crippen LogP contribution in [0.4, 0.5) is 8.78 Å². The molecule has 0 spiro atoms. The predicted molar refractivity (Wildman–Crippen MR) is 116 cm³/mol. The van der Waals surface area contributed by atoms with Crippen LogP contribution in [0.2, 0.25) is 10.2 Å². The van der Waals surface area contributed by atoms with Crippen molar-refractivity contribution >= 4 is 46.0 Å². The standard InChI is InChI=1S/C21H16Cl2F2N6O2/c22-14-3-1-2-11(18(14)25)6-27-21(33)15-4-13(24)8-31(15)16(32)9-30-7-12(5-26)17-19(23)28-10-29-20(17)30/h1-3,7,10,13,15H,4,6,8-9H2,(H,27,33)/t13-,15+/m1/s1. The molecule has 0 unspecified atom stereocenters. The molecule has 1 N–H and O–H groups in total. The van der Waals surface area contributed by atoms with Crippen molar-refractivity contribution in [2.24, 2.45) is 0 Å². The summed E-state index contributed by atoms with van der Waals surface area (Å²) >= 11 is 11.8. The van der Waals surface area contributed by atoms with Crippen molar-refractivity contribution in [2.45, 2.75) is 31.7 Å². The van der Waals surface area contributed by atoms with Gasteiger partial charge in [0.15, 0.2) is 0 Å². The topological polar surface area (TPSA) is 104 Å². The number of rotatable bonds is 5. The molecule has 2 atom stereocenters. The summed E-state index contributed by atoms with van der Waals surface area (Å²) in [5.74, 6) is -1.81. The number of amides is 2. The molecule has 2 amide bonds. The minimum Gasteiger partial charge on any atom is -0.350 e. The number of nitrogens with zero attached hydrogens (tertiary/aromatic N) is 5. The Labute approximate surface area is 196 Å². The summed E-state index contributed by atoms with van der Waals surface area (Å²) in [6, 6.07) is 5.30. The Balaban J connectivity index is 1.51. The van der Waals surface area contributed by atoms with Crippen molar-refractivity contribution in [1.29, 1.82) is 5.26 Å². The molecule has 1 aliphatic heterocycles. The van der Waals surface area contributed by atoms with Crippen LogP contribution in [0, 0.1) is 17.1 Å². The largest absolute Gasteiger partial charge is 0.350 e. The van der Waals surface area contributed by atoms with E-state index in [0.29, 0.717) is 5.39 Å². The molecule has 4 rings (SSSR count). The highest BCUT2D eigenvalue weighted by atomic mass is 35.5. The van der Waals surface area contributed by atoms with Gasteiger partial charge in [-0.25, -0.2) is 18.7 Å². The van der Waals surface area contributed by atoms with E-state index in [9.17, 15) is 23.6 Å². The molecule has 8 nitrogen and oxygen atoms in total. The molecule has 1 aliphatic rings. The van der Waals surface area contributed by atoms with E-state index in [0.717, 1.165) is 4.90 Å². The summed E-state index contributed by atoms with van der Waals surface area (Å²) in [6.07, 6.45) is 1.04. The lowest BCUT2D eigenvalue weighted by Gasteiger charge is -2.24. The molecule has 1 saturated heterocycles. The molecule has 0 bridgehead atoms. The van der Waals surface area contributed by atoms with Crippen LogP contribution in [0.5, 0.6) is 0 Å². The van der Waals surface area contributed by atoms with Gasteiger partial charge in [0.05, 0.1) is 22.5 Å². The van der Waals surface area contributed by atoms with Crippen molar-refractivity contribution in [2.75, 3.05) is 6.54 Å². The molecular formula is C21H16Cl2F2N6O2. The molecule has 0 radical (unpaired) electrons. The maximum absolute atomic E-state index is 14.2. The van der Waals surface area contributed by atoms with E-state index < -0.39 is 29.8 Å². The Kier molecular flexibility index (Phi) is 6.44. The summed E-state index contributed by atoms with van der Waals surface area (Å²) in [5.41, 5.74) is 0.627. The van der Waals surface area contributed by atoms with E-state index in [-0.39, 0.29) is 53.0 Å². The van der Waals surface area contributed by atoms with Gasteiger partial charge in [-0.1, -0.05) is 35.3 Å². The number of hydrogen-bond acceptors (Lipinski definition) is 5. The first-order valence-electron chi connectivity index (χ1n) is 9.83. The number of likely N-dealkylation sites (tertiary alicyclic amines) is 1. The third-order valence-electron chi connectivity index (χ3n) is 5.39. The highest BCUT2D eigenvalue weighted by Crippen LogP contribution is 2.26. The van der Waals surface area contributed by atoms with Crippen LogP contribution in [0.15, 0.2) is 30.7 Å². The van der Waals surface area contributed by atoms with E-state index in [2.05, 4.69) is 15.3 Å². The van der Waals surface area contributed by atoms with E-state index in [4.69, 9.17) is 23.2 Å². The first-order valence-corrected chi connectivity index (χ1v) is 10.6. The van der Waals surface area contributed by atoms with Gasteiger partial charge >= 0.3 is 0 Å². The third-order valence-corrected chi connectivity index (χ3v) is 5.97. The average Bonchev–Trinajstić information content (AvgIpc) is 3.36. The monoisotopic (exact) mass is 492 g/mol. The number of aromatic nitrogens is 3. The lowest BCUT2D eigenvalue weighted by molar-refractivity contribution is -0.139. The number of carbonyl (C=O) groups excluding carboxylic acids is 2. The van der Waals surface area contributed by atoms with Gasteiger partial charge in [-0.15, -0.1) is 0 Å². The molecule has 3 aromatic rings. The van der Waals surface area contributed by atoms with Crippen molar-refractivity contribution in [3.63, 3.8) is 0 Å². The molecule has 3 heterocycles. The number of halogens is 4. The highest BCUT2D eigenvalue weighted by molar-refractivity contribution is 6.34. The van der Waals surface area contributed by atoms with E-state index in [1.165, 1.54) is 29.2 Å². The van der Waals surface area contributed by atoms with Crippen molar-refractivity contribution in [1.82, 2.24) is 24.8 Å². The highest BCUT2D eigenvalue weighted by Gasteiger charge is 2.39. The van der Waals surface area contributed by atoms with Crippen LogP contribution in [0.25, 0.3) is 11.0 Å². The fourth-order valence-electron chi connectivity index (χ4n) is 3.82. The molecule has 12 heteroatoms. The third kappa shape index (κ3) is 4.47. The Morgan fingerprint density at radius 1 is 1.30 bits per heavy atom. The zero-order valence-electron chi connectivity index (χ0n) is 16.9. The van der Waals surface area contributed by atoms with Crippen LogP contribution < -0.4 is 5.32 Å². The molecular weight excluding hydrogens is 477 g/mol. The minimum atomic E-state index is -1.39. The lowest BCUT2D eigenvalue weighted by atomic mass is 10.1. The fourth-order valence-corrected chi connectivity index (χ4v) is 4.25. The molecule has 0 saturated carbocycles. The predicted octanol–water partition coefficient (Wildman–Crippen LogP) is 3.00. The minimum absolute atomic E-state index is 0.0678. The molecule has 0 aliphatic carbocycles. The van der Waals surface area contributed by atoms with Crippen molar-refractivity contribution in [3.05, 3.63) is 57.8 Å². The Morgan fingerprint density at radius 3 is 2.85 bits per heavy atom. The van der Waals surface area contributed by atoms with E-state index in [1.54, 1.807) is 6.07 Å². The zero-order valence-corrected chi connectivity index (χ0v) is 18.4. The summed E-state index contributed by atoms with van der Waals surface area (Å²) in [4.78, 5) is 34.8. The molecule has 170 valence electrons. The van der Waals surface area contributed by atoms with Crippen LogP contribution in [0.1, 0.15) is 17.5 Å². The second-order valence-corrected chi connectivity index (χ2v) is 8.24. The SMILES string of the molecule is N#Cc1cn(CC(=O)N2C[C@H](F)C[C@H]2C(=O)NCc2cccc(Cl)c2F)c2ncnc(Cl)c12. The maximum Gasteiger partial charge on any atom is 0.243 e. The van der Waals surface area contributed by atoms with Crippen molar-refractivity contribution < 1.29 is 18.4 Å². The summed E-state index contributed by atoms with van der Waals surface area (Å²) in [5, 5.41) is 12.2. The van der Waals surface area contributed by atoms with Gasteiger partial charge in [0, 0.05) is 24.7 Å². The fraction of sp³-hybridized carbons (Fsp3) is 0.286. The second-order valence-electron chi connectivity index (χ2n) is 7.47. The maximum atomic E-state index is 14.2. The van der Waals surface area contributed by atoms with E-state index in [1.807, 2.05) is 6.07 Å².